The SMILES string of the molecule is O=C(NCC(C(=O)O)C1CCOCC1)c1ccc(OCC2CC2)cc1. The fourth-order valence-electron chi connectivity index (χ4n) is 3.08. The van der Waals surface area contributed by atoms with Gasteiger partial charge in [-0.05, 0) is 61.8 Å². The molecule has 0 aromatic heterocycles. The van der Waals surface area contributed by atoms with E-state index in [4.69, 9.17) is 9.47 Å². The van der Waals surface area contributed by atoms with Crippen molar-refractivity contribution in [2.75, 3.05) is 26.4 Å². The van der Waals surface area contributed by atoms with Crippen LogP contribution < -0.4 is 10.1 Å². The summed E-state index contributed by atoms with van der Waals surface area (Å²) >= 11 is 0. The van der Waals surface area contributed by atoms with Crippen LogP contribution in [0.2, 0.25) is 0 Å². The quantitative estimate of drug-likeness (QED) is 0.754. The molecule has 0 spiro atoms. The Morgan fingerprint density at radius 3 is 2.44 bits per heavy atom. The van der Waals surface area contributed by atoms with Crippen molar-refractivity contribution in [1.82, 2.24) is 5.32 Å². The first-order chi connectivity index (χ1) is 12.1. The minimum Gasteiger partial charge on any atom is -0.493 e. The summed E-state index contributed by atoms with van der Waals surface area (Å²) in [5, 5.41) is 12.2. The predicted octanol–water partition coefficient (Wildman–Crippen LogP) is 2.33. The van der Waals surface area contributed by atoms with E-state index in [1.54, 1.807) is 24.3 Å². The number of ether oxygens (including phenoxy) is 2. The van der Waals surface area contributed by atoms with Crippen LogP contribution in [0.5, 0.6) is 5.75 Å². The molecule has 2 N–H and O–H groups in total. The number of nitrogens with one attached hydrogen (secondary N) is 1. The number of aliphatic carboxylic acids is 1. The average Bonchev–Trinajstić information content (AvgIpc) is 3.45. The number of carbonyl (C=O) groups is 2. The number of carbonyl (C=O) groups excluding carboxylic acids is 1. The minimum atomic E-state index is -0.865. The van der Waals surface area contributed by atoms with Gasteiger partial charge in [0, 0.05) is 25.3 Å². The number of amides is 1. The molecule has 1 aliphatic carbocycles. The Bertz CT molecular complexity index is 590. The zero-order chi connectivity index (χ0) is 17.6. The van der Waals surface area contributed by atoms with E-state index in [2.05, 4.69) is 5.32 Å². The van der Waals surface area contributed by atoms with Crippen molar-refractivity contribution in [3.8, 4) is 5.75 Å². The molecule has 1 amide bonds. The molecule has 0 radical (unpaired) electrons. The monoisotopic (exact) mass is 347 g/mol. The summed E-state index contributed by atoms with van der Waals surface area (Å²) in [5.41, 5.74) is 0.509. The molecular formula is C19H25NO5. The van der Waals surface area contributed by atoms with Gasteiger partial charge in [0.2, 0.25) is 0 Å². The van der Waals surface area contributed by atoms with E-state index in [1.165, 1.54) is 12.8 Å². The van der Waals surface area contributed by atoms with Crippen LogP contribution in [-0.2, 0) is 9.53 Å². The summed E-state index contributed by atoms with van der Waals surface area (Å²) in [6, 6.07) is 6.98. The van der Waals surface area contributed by atoms with Crippen molar-refractivity contribution in [3.05, 3.63) is 29.8 Å². The summed E-state index contributed by atoms with van der Waals surface area (Å²) < 4.78 is 10.9. The molecule has 0 bridgehead atoms. The maximum absolute atomic E-state index is 12.3. The Morgan fingerprint density at radius 2 is 1.84 bits per heavy atom. The molecule has 1 saturated heterocycles. The summed E-state index contributed by atoms with van der Waals surface area (Å²) in [4.78, 5) is 23.8. The van der Waals surface area contributed by atoms with Gasteiger partial charge in [-0.3, -0.25) is 9.59 Å². The molecule has 1 aliphatic heterocycles. The molecule has 2 fully saturated rings. The molecule has 1 saturated carbocycles. The number of rotatable bonds is 8. The second kappa shape index (κ2) is 8.34. The molecule has 1 unspecified atom stereocenters. The molecule has 1 aromatic rings. The number of carboxylic acid groups (broad SMARTS) is 1. The van der Waals surface area contributed by atoms with Crippen LogP contribution in [0.1, 0.15) is 36.0 Å². The summed E-state index contributed by atoms with van der Waals surface area (Å²) in [7, 11) is 0. The van der Waals surface area contributed by atoms with Gasteiger partial charge in [-0.1, -0.05) is 0 Å². The van der Waals surface area contributed by atoms with Crippen molar-refractivity contribution >= 4 is 11.9 Å². The summed E-state index contributed by atoms with van der Waals surface area (Å²) in [5.74, 6) is -0.211. The largest absolute Gasteiger partial charge is 0.493 e. The predicted molar refractivity (Wildman–Crippen MR) is 91.7 cm³/mol. The Hall–Kier alpha value is -2.08. The fraction of sp³-hybridized carbons (Fsp3) is 0.579. The minimum absolute atomic E-state index is 0.0461. The maximum Gasteiger partial charge on any atom is 0.308 e. The Labute approximate surface area is 147 Å². The highest BCUT2D eigenvalue weighted by atomic mass is 16.5. The second-order valence-corrected chi connectivity index (χ2v) is 6.88. The molecule has 2 aliphatic rings. The number of hydrogen-bond acceptors (Lipinski definition) is 4. The van der Waals surface area contributed by atoms with Gasteiger partial charge in [0.25, 0.3) is 5.91 Å². The molecule has 136 valence electrons. The topological polar surface area (TPSA) is 84.9 Å². The van der Waals surface area contributed by atoms with Gasteiger partial charge >= 0.3 is 5.97 Å². The number of benzene rings is 1. The third-order valence-electron chi connectivity index (χ3n) is 4.93. The smallest absolute Gasteiger partial charge is 0.308 e. The lowest BCUT2D eigenvalue weighted by atomic mass is 9.86. The fourth-order valence-corrected chi connectivity index (χ4v) is 3.08. The third-order valence-corrected chi connectivity index (χ3v) is 4.93. The van der Waals surface area contributed by atoms with E-state index in [-0.39, 0.29) is 18.4 Å². The molecule has 1 atom stereocenters. The van der Waals surface area contributed by atoms with E-state index in [1.807, 2.05) is 0 Å². The first kappa shape index (κ1) is 17.7. The van der Waals surface area contributed by atoms with E-state index in [0.29, 0.717) is 24.7 Å². The third kappa shape index (κ3) is 5.19. The lowest BCUT2D eigenvalue weighted by molar-refractivity contribution is -0.144. The van der Waals surface area contributed by atoms with Crippen LogP contribution in [0, 0.1) is 17.8 Å². The maximum atomic E-state index is 12.3. The van der Waals surface area contributed by atoms with Crippen LogP contribution in [-0.4, -0.2) is 43.3 Å². The summed E-state index contributed by atoms with van der Waals surface area (Å²) in [6.45, 7) is 2.05. The number of carboxylic acids is 1. The van der Waals surface area contributed by atoms with Crippen LogP contribution in [0.15, 0.2) is 24.3 Å². The van der Waals surface area contributed by atoms with Crippen molar-refractivity contribution in [3.63, 3.8) is 0 Å². The molecule has 6 heteroatoms. The Morgan fingerprint density at radius 1 is 1.16 bits per heavy atom. The Kier molecular flexibility index (Phi) is 5.91. The van der Waals surface area contributed by atoms with E-state index in [9.17, 15) is 14.7 Å². The van der Waals surface area contributed by atoms with E-state index in [0.717, 1.165) is 25.2 Å². The van der Waals surface area contributed by atoms with E-state index < -0.39 is 11.9 Å². The van der Waals surface area contributed by atoms with Gasteiger partial charge < -0.3 is 19.9 Å². The standard InChI is InChI=1S/C19H25NO5/c21-18(15-3-5-16(6-4-15)25-12-13-1-2-13)20-11-17(19(22)23)14-7-9-24-10-8-14/h3-6,13-14,17H,1-2,7-12H2,(H,20,21)(H,22,23). The van der Waals surface area contributed by atoms with Gasteiger partial charge in [-0.2, -0.15) is 0 Å². The highest BCUT2D eigenvalue weighted by Crippen LogP contribution is 2.29. The zero-order valence-electron chi connectivity index (χ0n) is 14.3. The number of hydrogen-bond donors (Lipinski definition) is 2. The lowest BCUT2D eigenvalue weighted by Gasteiger charge is -2.27. The molecule has 3 rings (SSSR count). The van der Waals surface area contributed by atoms with Gasteiger partial charge in [-0.25, -0.2) is 0 Å². The van der Waals surface area contributed by atoms with Crippen molar-refractivity contribution in [1.29, 1.82) is 0 Å². The van der Waals surface area contributed by atoms with Crippen molar-refractivity contribution < 1.29 is 24.2 Å². The van der Waals surface area contributed by atoms with Gasteiger partial charge in [0.15, 0.2) is 0 Å². The Balaban J connectivity index is 1.50. The van der Waals surface area contributed by atoms with Crippen LogP contribution >= 0.6 is 0 Å². The highest BCUT2D eigenvalue weighted by molar-refractivity contribution is 5.94. The van der Waals surface area contributed by atoms with Crippen LogP contribution in [0.3, 0.4) is 0 Å². The van der Waals surface area contributed by atoms with E-state index >= 15 is 0 Å². The summed E-state index contributed by atoms with van der Waals surface area (Å²) in [6.07, 6.45) is 3.91. The molecule has 1 aromatic carbocycles. The van der Waals surface area contributed by atoms with Gasteiger partial charge in [-0.15, -0.1) is 0 Å². The van der Waals surface area contributed by atoms with Crippen LogP contribution in [0.25, 0.3) is 0 Å². The molecule has 1 heterocycles. The van der Waals surface area contributed by atoms with Gasteiger partial charge in [0.05, 0.1) is 12.5 Å². The average molecular weight is 347 g/mol. The molecule has 6 nitrogen and oxygen atoms in total. The normalized spacial score (nSPS) is 19.2. The van der Waals surface area contributed by atoms with Crippen molar-refractivity contribution in [2.45, 2.75) is 25.7 Å². The second-order valence-electron chi connectivity index (χ2n) is 6.88. The highest BCUT2D eigenvalue weighted by Gasteiger charge is 2.30. The van der Waals surface area contributed by atoms with Crippen molar-refractivity contribution in [2.24, 2.45) is 17.8 Å². The van der Waals surface area contributed by atoms with Gasteiger partial charge in [0.1, 0.15) is 5.75 Å². The molecule has 25 heavy (non-hydrogen) atoms. The first-order valence-electron chi connectivity index (χ1n) is 8.95. The zero-order valence-corrected chi connectivity index (χ0v) is 14.3. The van der Waals surface area contributed by atoms with Crippen LogP contribution in [0.4, 0.5) is 0 Å². The molecular weight excluding hydrogens is 322 g/mol. The lowest BCUT2D eigenvalue weighted by Crippen LogP contribution is -2.38. The first-order valence-corrected chi connectivity index (χ1v) is 8.95.